The van der Waals surface area contributed by atoms with Gasteiger partial charge in [0.1, 0.15) is 11.6 Å². The van der Waals surface area contributed by atoms with Gasteiger partial charge in [0.05, 0.1) is 19.6 Å². The lowest BCUT2D eigenvalue weighted by Crippen LogP contribution is -2.61. The Hall–Kier alpha value is -2.47. The number of piperidine rings is 1. The molecular weight excluding hydrogens is 488 g/mol. The summed E-state index contributed by atoms with van der Waals surface area (Å²) in [5, 5.41) is 11.9. The van der Waals surface area contributed by atoms with Crippen molar-refractivity contribution in [3.8, 4) is 0 Å². The number of aliphatic hydroxyl groups is 1. The van der Waals surface area contributed by atoms with Crippen LogP contribution < -0.4 is 5.73 Å². The number of likely N-dealkylation sites (tertiary alicyclic amines) is 1. The summed E-state index contributed by atoms with van der Waals surface area (Å²) in [7, 11) is 2.32. The van der Waals surface area contributed by atoms with Crippen LogP contribution in [0.25, 0.3) is 0 Å². The molecule has 178 valence electrons. The van der Waals surface area contributed by atoms with Gasteiger partial charge in [-0.1, -0.05) is 94.8 Å². The molecule has 0 aliphatic carbocycles. The number of nitrogens with two attached hydrogens (primary N) is 1. The van der Waals surface area contributed by atoms with E-state index in [1.807, 2.05) is 24.3 Å². The van der Waals surface area contributed by atoms with Crippen molar-refractivity contribution in [1.82, 2.24) is 0 Å². The number of quaternary nitrogens is 1. The van der Waals surface area contributed by atoms with E-state index in [2.05, 4.69) is 83.6 Å². The highest BCUT2D eigenvalue weighted by atomic mass is 79.9. The number of hydrogen-bond donors (Lipinski definition) is 2. The number of hydrogen-bond acceptors (Lipinski definition) is 2. The van der Waals surface area contributed by atoms with Gasteiger partial charge in [0.15, 0.2) is 0 Å². The van der Waals surface area contributed by atoms with Crippen LogP contribution in [0.2, 0.25) is 0 Å². The van der Waals surface area contributed by atoms with E-state index < -0.39 is 5.60 Å². The van der Waals surface area contributed by atoms with Gasteiger partial charge in [-0.05, 0) is 18.1 Å². The minimum Gasteiger partial charge on any atom is -0.385 e. The molecule has 3 aromatic rings. The number of benzene rings is 3. The van der Waals surface area contributed by atoms with Crippen molar-refractivity contribution in [2.24, 2.45) is 5.73 Å². The fraction of sp³-hybridized carbons (Fsp3) is 0.345. The third-order valence-electron chi connectivity index (χ3n) is 7.57. The zero-order valence-corrected chi connectivity index (χ0v) is 21.3. The van der Waals surface area contributed by atoms with Gasteiger partial charge in [0, 0.05) is 41.3 Å². The summed E-state index contributed by atoms with van der Waals surface area (Å²) in [5.41, 5.74) is 8.03. The van der Waals surface area contributed by atoms with E-state index in [1.165, 1.54) is 11.1 Å². The summed E-state index contributed by atoms with van der Waals surface area (Å²) in [6, 6.07) is 29.6. The minimum absolute atomic E-state index is 0.129. The smallest absolute Gasteiger partial charge is 0.217 e. The Kier molecular flexibility index (Phi) is 7.56. The molecule has 1 aliphatic rings. The molecule has 0 spiro atoms. The zero-order valence-electron chi connectivity index (χ0n) is 19.7. The van der Waals surface area contributed by atoms with Crippen LogP contribution >= 0.6 is 15.9 Å². The van der Waals surface area contributed by atoms with Gasteiger partial charge in [-0.15, -0.1) is 0 Å². The average molecular weight is 523 g/mol. The van der Waals surface area contributed by atoms with Crippen molar-refractivity contribution in [2.75, 3.05) is 13.6 Å². The first-order valence-corrected chi connectivity index (χ1v) is 12.8. The molecule has 0 radical (unpaired) electrons. The fourth-order valence-electron chi connectivity index (χ4n) is 5.79. The Morgan fingerprint density at radius 2 is 1.59 bits per heavy atom. The topological polar surface area (TPSA) is 63.3 Å². The van der Waals surface area contributed by atoms with E-state index in [9.17, 15) is 9.90 Å². The summed E-state index contributed by atoms with van der Waals surface area (Å²) in [4.78, 5) is 11.5. The number of nitrogens with zero attached hydrogens (tertiary/aromatic N) is 1. The van der Waals surface area contributed by atoms with Crippen molar-refractivity contribution in [2.45, 2.75) is 49.8 Å². The maximum atomic E-state index is 11.9. The molecule has 3 N–H and O–H groups in total. The Labute approximate surface area is 211 Å². The fourth-order valence-corrected chi connectivity index (χ4v) is 6.44. The van der Waals surface area contributed by atoms with Crippen LogP contribution in [0.1, 0.15) is 54.8 Å². The van der Waals surface area contributed by atoms with Gasteiger partial charge >= 0.3 is 0 Å². The van der Waals surface area contributed by atoms with E-state index in [-0.39, 0.29) is 18.0 Å². The minimum atomic E-state index is -0.923. The highest BCUT2D eigenvalue weighted by molar-refractivity contribution is 9.10. The molecule has 3 atom stereocenters. The van der Waals surface area contributed by atoms with Gasteiger partial charge in [-0.2, -0.15) is 0 Å². The maximum Gasteiger partial charge on any atom is 0.217 e. The Balaban J connectivity index is 1.76. The first-order chi connectivity index (χ1) is 16.3. The Morgan fingerprint density at radius 1 is 1.03 bits per heavy atom. The lowest BCUT2D eigenvalue weighted by atomic mass is 9.76. The lowest BCUT2D eigenvalue weighted by molar-refractivity contribution is -0.964. The molecular formula is C29H34BrN2O2+. The first-order valence-electron chi connectivity index (χ1n) is 12.0. The average Bonchev–Trinajstić information content (AvgIpc) is 2.83. The highest BCUT2D eigenvalue weighted by Gasteiger charge is 2.51. The zero-order chi connectivity index (χ0) is 24.2. The van der Waals surface area contributed by atoms with Crippen molar-refractivity contribution >= 4 is 21.8 Å². The molecule has 1 fully saturated rings. The normalized spacial score (nSPS) is 24.8. The van der Waals surface area contributed by atoms with E-state index in [4.69, 9.17) is 5.73 Å². The van der Waals surface area contributed by atoms with Crippen molar-refractivity contribution in [1.29, 1.82) is 0 Å². The molecule has 34 heavy (non-hydrogen) atoms. The predicted octanol–water partition coefficient (Wildman–Crippen LogP) is 5.69. The Bertz CT molecular complexity index is 1070. The summed E-state index contributed by atoms with van der Waals surface area (Å²) in [6.45, 7) is 0.813. The van der Waals surface area contributed by atoms with E-state index in [1.54, 1.807) is 0 Å². The van der Waals surface area contributed by atoms with Crippen LogP contribution in [0.3, 0.4) is 0 Å². The van der Waals surface area contributed by atoms with Gasteiger partial charge in [0.2, 0.25) is 5.91 Å². The third kappa shape index (κ3) is 5.12. The molecule has 1 amide bonds. The number of halogens is 1. The van der Waals surface area contributed by atoms with Gasteiger partial charge in [0.25, 0.3) is 0 Å². The number of carbonyl (C=O) groups is 1. The van der Waals surface area contributed by atoms with Crippen LogP contribution in [-0.2, 0) is 10.4 Å². The summed E-state index contributed by atoms with van der Waals surface area (Å²) in [6.07, 6.45) is 3.19. The molecule has 0 saturated carbocycles. The molecule has 4 rings (SSSR count). The molecule has 4 nitrogen and oxygen atoms in total. The molecule has 5 heteroatoms. The number of primary amides is 1. The van der Waals surface area contributed by atoms with Crippen molar-refractivity contribution < 1.29 is 14.4 Å². The molecule has 0 bridgehead atoms. The summed E-state index contributed by atoms with van der Waals surface area (Å²) in [5.74, 6) is -0.270. The SMILES string of the molecule is C[N+]1(C(c2ccccc2)c2ccccc2)CCC(O)(c2ccccc2Br)CC1CCCC(N)=O. The second-order valence-corrected chi connectivity index (χ2v) is 10.6. The van der Waals surface area contributed by atoms with Crippen molar-refractivity contribution in [3.05, 3.63) is 106 Å². The van der Waals surface area contributed by atoms with E-state index in [0.29, 0.717) is 19.3 Å². The molecule has 0 aromatic heterocycles. The molecule has 3 aromatic carbocycles. The second-order valence-electron chi connectivity index (χ2n) is 9.77. The molecule has 3 unspecified atom stereocenters. The quantitative estimate of drug-likeness (QED) is 0.374. The van der Waals surface area contributed by atoms with Crippen molar-refractivity contribution in [3.63, 3.8) is 0 Å². The monoisotopic (exact) mass is 521 g/mol. The molecule has 1 saturated heterocycles. The van der Waals surface area contributed by atoms with Crippen LogP contribution in [0.5, 0.6) is 0 Å². The second kappa shape index (κ2) is 10.4. The van der Waals surface area contributed by atoms with E-state index in [0.717, 1.165) is 33.9 Å². The summed E-state index contributed by atoms with van der Waals surface area (Å²) < 4.78 is 1.71. The lowest BCUT2D eigenvalue weighted by Gasteiger charge is -2.54. The Morgan fingerprint density at radius 3 is 2.15 bits per heavy atom. The van der Waals surface area contributed by atoms with E-state index >= 15 is 0 Å². The summed E-state index contributed by atoms with van der Waals surface area (Å²) >= 11 is 3.66. The number of amides is 1. The molecule has 1 aliphatic heterocycles. The predicted molar refractivity (Wildman–Crippen MR) is 140 cm³/mol. The third-order valence-corrected chi connectivity index (χ3v) is 8.26. The maximum absolute atomic E-state index is 11.9. The number of carbonyl (C=O) groups excluding carboxylic acids is 1. The number of rotatable bonds is 8. The highest BCUT2D eigenvalue weighted by Crippen LogP contribution is 2.48. The standard InChI is InChI=1S/C29H33BrN2O2/c1-32(28(22-11-4-2-5-12-22)23-13-6-3-7-14-23)20-19-29(34,25-16-8-9-17-26(25)30)21-24(32)15-10-18-27(31)33/h2-9,11-14,16-17,24,28,34H,10,15,18-21H2,1H3,(H-,31,33)/p+1. The van der Waals surface area contributed by atoms with Crippen LogP contribution in [0.15, 0.2) is 89.4 Å². The van der Waals surface area contributed by atoms with Crippen LogP contribution in [-0.4, -0.2) is 35.1 Å². The largest absolute Gasteiger partial charge is 0.385 e. The van der Waals surface area contributed by atoms with Crippen LogP contribution in [0, 0.1) is 0 Å². The van der Waals surface area contributed by atoms with Gasteiger partial charge in [-0.25, -0.2) is 0 Å². The van der Waals surface area contributed by atoms with Gasteiger partial charge in [-0.3, -0.25) is 4.79 Å². The first kappa shape index (κ1) is 24.6. The van der Waals surface area contributed by atoms with Gasteiger partial charge < -0.3 is 15.3 Å². The molecule has 1 heterocycles. The van der Waals surface area contributed by atoms with Crippen LogP contribution in [0.4, 0.5) is 0 Å².